The van der Waals surface area contributed by atoms with Gasteiger partial charge in [-0.3, -0.25) is 9.69 Å². The average molecular weight is 618 g/mol. The monoisotopic (exact) mass is 617 g/mol. The Hall–Kier alpha value is -1.39. The van der Waals surface area contributed by atoms with Crippen LogP contribution < -0.4 is 4.74 Å². The zero-order valence-electron chi connectivity index (χ0n) is 23.1. The summed E-state index contributed by atoms with van der Waals surface area (Å²) in [6.07, 6.45) is 1.68. The number of allylic oxidation sites excluding steroid dienone is 1. The molecule has 0 aliphatic carbocycles. The Balaban J connectivity index is 3.30. The second-order valence-electron chi connectivity index (χ2n) is 11.6. The van der Waals surface area contributed by atoms with E-state index in [0.29, 0.717) is 18.9 Å². The van der Waals surface area contributed by atoms with Crippen LogP contribution in [-0.2, 0) is 14.0 Å². The fraction of sp³-hybridized carbons (Fsp3) is 0.630. The van der Waals surface area contributed by atoms with Crippen LogP contribution in [-0.4, -0.2) is 54.0 Å². The Morgan fingerprint density at radius 1 is 1.06 bits per heavy atom. The maximum absolute atomic E-state index is 13.4. The van der Waals surface area contributed by atoms with E-state index < -0.39 is 20.0 Å². The smallest absolute Gasteiger partial charge is 0.415 e. The van der Waals surface area contributed by atoms with Gasteiger partial charge in [-0.05, 0) is 64.9 Å². The first-order valence-corrected chi connectivity index (χ1v) is 16.2. The molecule has 0 aromatic heterocycles. The number of carbonyl (C=O) groups is 2. The largest absolute Gasteiger partial charge is 0.460 e. The molecule has 0 saturated heterocycles. The quantitative estimate of drug-likeness (QED) is 0.0902. The molecular formula is C27H44INO5Si. The fourth-order valence-corrected chi connectivity index (χ4v) is 4.83. The molecule has 0 fully saturated rings. The van der Waals surface area contributed by atoms with Crippen LogP contribution >= 0.6 is 22.6 Å². The van der Waals surface area contributed by atoms with E-state index in [9.17, 15) is 9.59 Å². The summed E-state index contributed by atoms with van der Waals surface area (Å²) in [4.78, 5) is 27.8. The van der Waals surface area contributed by atoms with Gasteiger partial charge >= 0.3 is 12.1 Å². The van der Waals surface area contributed by atoms with Gasteiger partial charge in [0.2, 0.25) is 0 Å². The van der Waals surface area contributed by atoms with E-state index in [2.05, 4.69) is 56.5 Å². The molecule has 2 atom stereocenters. The van der Waals surface area contributed by atoms with Crippen molar-refractivity contribution in [1.29, 1.82) is 0 Å². The topological polar surface area (TPSA) is 65.1 Å². The molecule has 0 spiro atoms. The molecule has 0 radical (unpaired) electrons. The number of rotatable bonds is 10. The summed E-state index contributed by atoms with van der Waals surface area (Å²) in [6.45, 7) is 21.1. The highest BCUT2D eigenvalue weighted by atomic mass is 127. The number of amides is 1. The molecule has 1 aromatic carbocycles. The van der Waals surface area contributed by atoms with Crippen LogP contribution in [0.4, 0.5) is 4.79 Å². The molecule has 6 nitrogen and oxygen atoms in total. The Kier molecular flexibility index (Phi) is 12.0. The molecule has 2 unspecified atom stereocenters. The van der Waals surface area contributed by atoms with Gasteiger partial charge in [0.25, 0.3) is 0 Å². The van der Waals surface area contributed by atoms with E-state index >= 15 is 0 Å². The van der Waals surface area contributed by atoms with E-state index in [4.69, 9.17) is 13.9 Å². The van der Waals surface area contributed by atoms with Gasteiger partial charge in [0.15, 0.2) is 8.32 Å². The van der Waals surface area contributed by atoms with Crippen molar-refractivity contribution in [3.63, 3.8) is 0 Å². The lowest BCUT2D eigenvalue weighted by molar-refractivity contribution is -0.154. The molecule has 0 saturated carbocycles. The second-order valence-corrected chi connectivity index (χ2v) is 18.0. The molecule has 1 amide bonds. The van der Waals surface area contributed by atoms with Crippen molar-refractivity contribution < 1.29 is 23.5 Å². The van der Waals surface area contributed by atoms with Gasteiger partial charge in [-0.25, -0.2) is 4.79 Å². The molecule has 0 N–H and O–H groups in total. The molecule has 0 aliphatic heterocycles. The molecule has 1 aromatic rings. The Morgan fingerprint density at radius 3 is 2.11 bits per heavy atom. The number of ether oxygens (including phenoxy) is 2. The van der Waals surface area contributed by atoms with Crippen LogP contribution in [0.2, 0.25) is 18.1 Å². The summed E-state index contributed by atoms with van der Waals surface area (Å²) >= 11 is 2.24. The van der Waals surface area contributed by atoms with E-state index in [-0.39, 0.29) is 27.4 Å². The molecule has 0 heterocycles. The zero-order valence-corrected chi connectivity index (χ0v) is 26.3. The Bertz CT molecular complexity index is 855. The minimum atomic E-state index is -2.10. The maximum atomic E-state index is 13.4. The lowest BCUT2D eigenvalue weighted by Gasteiger charge is -2.40. The van der Waals surface area contributed by atoms with Crippen molar-refractivity contribution >= 4 is 43.0 Å². The Labute approximate surface area is 227 Å². The minimum absolute atomic E-state index is 0.0127. The van der Waals surface area contributed by atoms with Crippen molar-refractivity contribution in [3.8, 4) is 5.75 Å². The van der Waals surface area contributed by atoms with E-state index in [1.807, 2.05) is 58.9 Å². The molecule has 8 heteroatoms. The number of alkyl halides is 1. The number of halogens is 1. The lowest BCUT2D eigenvalue weighted by atomic mass is 10.1. The van der Waals surface area contributed by atoms with Crippen LogP contribution in [0.15, 0.2) is 42.0 Å². The number of para-hydroxylation sites is 1. The summed E-state index contributed by atoms with van der Waals surface area (Å²) in [5, 5.41) is 0.0127. The van der Waals surface area contributed by atoms with Gasteiger partial charge in [0, 0.05) is 10.5 Å². The lowest BCUT2D eigenvalue weighted by Crippen LogP contribution is -2.52. The number of esters is 1. The van der Waals surface area contributed by atoms with Crippen LogP contribution in [0.25, 0.3) is 0 Å². The van der Waals surface area contributed by atoms with Gasteiger partial charge in [-0.2, -0.15) is 0 Å². The van der Waals surface area contributed by atoms with E-state index in [1.54, 1.807) is 17.0 Å². The van der Waals surface area contributed by atoms with Gasteiger partial charge in [0.05, 0.1) is 19.1 Å². The highest BCUT2D eigenvalue weighted by molar-refractivity contribution is 14.1. The molecule has 198 valence electrons. The van der Waals surface area contributed by atoms with Crippen molar-refractivity contribution in [2.24, 2.45) is 0 Å². The minimum Gasteiger partial charge on any atom is -0.460 e. The summed E-state index contributed by atoms with van der Waals surface area (Å²) in [6, 6.07) is 8.63. The SMILES string of the molecule is CC(C)=CCN(C(=O)Oc1ccccc1)C(CO[Si](C)(C)C(C)(C)C)C(I)CC(=O)OC(C)(C)C. The van der Waals surface area contributed by atoms with E-state index in [0.717, 1.165) is 5.57 Å². The van der Waals surface area contributed by atoms with Crippen LogP contribution in [0.5, 0.6) is 5.75 Å². The molecule has 0 aliphatic rings. The first kappa shape index (κ1) is 31.6. The van der Waals surface area contributed by atoms with Crippen molar-refractivity contribution in [2.75, 3.05) is 13.2 Å². The predicted octanol–water partition coefficient (Wildman–Crippen LogP) is 7.38. The number of hydrogen-bond donors (Lipinski definition) is 0. The van der Waals surface area contributed by atoms with Crippen LogP contribution in [0.1, 0.15) is 61.8 Å². The highest BCUT2D eigenvalue weighted by Gasteiger charge is 2.40. The molecular weight excluding hydrogens is 573 g/mol. The van der Waals surface area contributed by atoms with Crippen molar-refractivity contribution in [2.45, 2.75) is 95.5 Å². The van der Waals surface area contributed by atoms with Gasteiger partial charge in [0.1, 0.15) is 11.4 Å². The normalized spacial score (nSPS) is 14.0. The zero-order chi connectivity index (χ0) is 27.0. The Morgan fingerprint density at radius 2 is 1.63 bits per heavy atom. The fourth-order valence-electron chi connectivity index (χ4n) is 2.85. The highest BCUT2D eigenvalue weighted by Crippen LogP contribution is 2.37. The third kappa shape index (κ3) is 11.5. The number of nitrogens with zero attached hydrogens (tertiary/aromatic N) is 1. The van der Waals surface area contributed by atoms with Gasteiger partial charge < -0.3 is 13.9 Å². The van der Waals surface area contributed by atoms with E-state index in [1.165, 1.54) is 0 Å². The first-order chi connectivity index (χ1) is 15.9. The maximum Gasteiger partial charge on any atom is 0.415 e. The average Bonchev–Trinajstić information content (AvgIpc) is 2.68. The van der Waals surface area contributed by atoms with Crippen LogP contribution in [0, 0.1) is 0 Å². The van der Waals surface area contributed by atoms with Crippen LogP contribution in [0.3, 0.4) is 0 Å². The summed E-state index contributed by atoms with van der Waals surface area (Å²) in [5.41, 5.74) is 0.512. The molecule has 1 rings (SSSR count). The standard InChI is InChI=1S/C27H44INO5Si/c1-20(2)16-17-29(25(31)33-21-14-12-11-13-15-21)23(19-32-35(9,10)27(6,7)8)22(28)18-24(30)34-26(3,4)5/h11-16,22-23H,17-19H2,1-10H3. The summed E-state index contributed by atoms with van der Waals surface area (Å²) in [5.74, 6) is 0.175. The first-order valence-electron chi connectivity index (χ1n) is 12.1. The third-order valence-electron chi connectivity index (χ3n) is 5.90. The van der Waals surface area contributed by atoms with Crippen molar-refractivity contribution in [1.82, 2.24) is 4.90 Å². The van der Waals surface area contributed by atoms with Gasteiger partial charge in [-0.15, -0.1) is 0 Å². The van der Waals surface area contributed by atoms with Gasteiger partial charge in [-0.1, -0.05) is 73.2 Å². The summed E-state index contributed by atoms with van der Waals surface area (Å²) < 4.78 is 17.6. The number of carbonyl (C=O) groups excluding carboxylic acids is 2. The summed E-state index contributed by atoms with van der Waals surface area (Å²) in [7, 11) is -2.10. The molecule has 35 heavy (non-hydrogen) atoms. The number of hydrogen-bond acceptors (Lipinski definition) is 5. The third-order valence-corrected chi connectivity index (χ3v) is 11.7. The molecule has 0 bridgehead atoms. The number of benzene rings is 1. The van der Waals surface area contributed by atoms with Crippen molar-refractivity contribution in [3.05, 3.63) is 42.0 Å². The second kappa shape index (κ2) is 13.2. The predicted molar refractivity (Wildman–Crippen MR) is 154 cm³/mol.